The topological polar surface area (TPSA) is 66.9 Å². The first-order chi connectivity index (χ1) is 11.1. The van der Waals surface area contributed by atoms with Gasteiger partial charge in [0.25, 0.3) is 0 Å². The summed E-state index contributed by atoms with van der Waals surface area (Å²) in [7, 11) is 0. The third-order valence-corrected chi connectivity index (χ3v) is 5.08. The van der Waals surface area contributed by atoms with E-state index in [9.17, 15) is 4.79 Å². The number of carbonyl (C=O) groups excluding carboxylic acids is 1. The zero-order valence-corrected chi connectivity index (χ0v) is 15.0. The molecular weight excluding hydrogens is 328 g/mol. The van der Waals surface area contributed by atoms with Crippen LogP contribution in [0, 0.1) is 5.92 Å². The molecule has 1 aromatic heterocycles. The number of thioether (sulfide) groups is 1. The number of nitrogens with zero attached hydrogens (tertiary/aromatic N) is 2. The highest BCUT2D eigenvalue weighted by molar-refractivity contribution is 8.01. The van der Waals surface area contributed by atoms with Crippen molar-refractivity contribution >= 4 is 34.1 Å². The first-order valence-electron chi connectivity index (χ1n) is 7.64. The molecule has 1 aromatic carbocycles. The van der Waals surface area contributed by atoms with Crippen LogP contribution in [-0.4, -0.2) is 28.4 Å². The molecule has 5 nitrogen and oxygen atoms in total. The van der Waals surface area contributed by atoms with Crippen molar-refractivity contribution in [2.75, 3.05) is 17.6 Å². The van der Waals surface area contributed by atoms with Crippen molar-refractivity contribution in [2.24, 2.45) is 5.92 Å². The van der Waals surface area contributed by atoms with Crippen molar-refractivity contribution in [1.29, 1.82) is 0 Å². The number of hydrogen-bond acceptors (Lipinski definition) is 6. The lowest BCUT2D eigenvalue weighted by Crippen LogP contribution is -2.26. The molecule has 0 atom stereocenters. The third-order valence-electron chi connectivity index (χ3n) is 3.06. The molecule has 0 spiro atoms. The summed E-state index contributed by atoms with van der Waals surface area (Å²) in [5.41, 5.74) is 1.20. The molecule has 0 aliphatic carbocycles. The molecule has 0 fully saturated rings. The number of rotatable bonds is 9. The minimum Gasteiger partial charge on any atom is -0.356 e. The number of aromatic nitrogens is 2. The molecule has 124 valence electrons. The summed E-state index contributed by atoms with van der Waals surface area (Å²) < 4.78 is 0.805. The quantitative estimate of drug-likeness (QED) is 0.679. The molecule has 0 aliphatic heterocycles. The van der Waals surface area contributed by atoms with Crippen LogP contribution in [0.25, 0.3) is 0 Å². The Bertz CT molecular complexity index is 601. The zero-order chi connectivity index (χ0) is 16.5. The van der Waals surface area contributed by atoms with Gasteiger partial charge in [-0.3, -0.25) is 4.79 Å². The molecule has 0 saturated heterocycles. The minimum absolute atomic E-state index is 0.0460. The van der Waals surface area contributed by atoms with E-state index in [0.717, 1.165) is 29.0 Å². The van der Waals surface area contributed by atoms with E-state index in [0.29, 0.717) is 11.7 Å². The molecular formula is C16H22N4OS2. The average Bonchev–Trinajstić information content (AvgIpc) is 2.99. The number of anilines is 1. The van der Waals surface area contributed by atoms with Gasteiger partial charge in [-0.15, -0.1) is 10.2 Å². The summed E-state index contributed by atoms with van der Waals surface area (Å²) in [4.78, 5) is 11.7. The number of carbonyl (C=O) groups is 1. The molecule has 2 aromatic rings. The summed E-state index contributed by atoms with van der Waals surface area (Å²) in [6.07, 6.45) is 1.00. The van der Waals surface area contributed by atoms with Crippen LogP contribution in [-0.2, 0) is 11.3 Å². The molecule has 23 heavy (non-hydrogen) atoms. The second-order valence-electron chi connectivity index (χ2n) is 5.53. The van der Waals surface area contributed by atoms with Crippen molar-refractivity contribution in [3.05, 3.63) is 35.9 Å². The van der Waals surface area contributed by atoms with Crippen molar-refractivity contribution in [2.45, 2.75) is 31.2 Å². The Morgan fingerprint density at radius 1 is 1.26 bits per heavy atom. The summed E-state index contributed by atoms with van der Waals surface area (Å²) in [6, 6.07) is 10.1. The largest absolute Gasteiger partial charge is 0.356 e. The molecule has 1 amide bonds. The molecule has 0 aliphatic rings. The van der Waals surface area contributed by atoms with Crippen molar-refractivity contribution < 1.29 is 4.79 Å². The predicted molar refractivity (Wildman–Crippen MR) is 96.9 cm³/mol. The SMILES string of the molecule is CC(C)CCNC(=O)CSc1nnc(NCc2ccccc2)s1. The van der Waals surface area contributed by atoms with Gasteiger partial charge in [-0.2, -0.15) is 0 Å². The third kappa shape index (κ3) is 7.00. The second kappa shape index (κ2) is 9.52. The summed E-state index contributed by atoms with van der Waals surface area (Å²) in [5.74, 6) is 1.03. The van der Waals surface area contributed by atoms with Crippen LogP contribution in [0.4, 0.5) is 5.13 Å². The standard InChI is InChI=1S/C16H22N4OS2/c1-12(2)8-9-17-14(21)11-22-16-20-19-15(23-16)18-10-13-6-4-3-5-7-13/h3-7,12H,8-11H2,1-2H3,(H,17,21)(H,18,19). The van der Waals surface area contributed by atoms with Gasteiger partial charge in [0.2, 0.25) is 11.0 Å². The normalized spacial score (nSPS) is 10.7. The molecule has 2 rings (SSSR count). The molecule has 0 radical (unpaired) electrons. The smallest absolute Gasteiger partial charge is 0.230 e. The first kappa shape index (κ1) is 17.7. The molecule has 7 heteroatoms. The Morgan fingerprint density at radius 3 is 2.78 bits per heavy atom. The van der Waals surface area contributed by atoms with Crippen LogP contribution in [0.1, 0.15) is 25.8 Å². The van der Waals surface area contributed by atoms with E-state index >= 15 is 0 Å². The minimum atomic E-state index is 0.0460. The predicted octanol–water partition coefficient (Wildman–Crippen LogP) is 3.40. The van der Waals surface area contributed by atoms with Crippen LogP contribution in [0.15, 0.2) is 34.7 Å². The Labute approximate surface area is 145 Å². The fourth-order valence-electron chi connectivity index (χ4n) is 1.79. The van der Waals surface area contributed by atoms with Crippen molar-refractivity contribution in [3.8, 4) is 0 Å². The summed E-state index contributed by atoms with van der Waals surface area (Å²) >= 11 is 2.90. The van der Waals surface area contributed by atoms with Gasteiger partial charge >= 0.3 is 0 Å². The Hall–Kier alpha value is -1.60. The van der Waals surface area contributed by atoms with Gasteiger partial charge in [0.15, 0.2) is 4.34 Å². The zero-order valence-electron chi connectivity index (χ0n) is 13.4. The first-order valence-corrected chi connectivity index (χ1v) is 9.44. The molecule has 1 heterocycles. The maximum absolute atomic E-state index is 11.7. The lowest BCUT2D eigenvalue weighted by atomic mass is 10.1. The molecule has 0 bridgehead atoms. The van der Waals surface area contributed by atoms with Crippen LogP contribution in [0.3, 0.4) is 0 Å². The molecule has 2 N–H and O–H groups in total. The van der Waals surface area contributed by atoms with E-state index in [1.54, 1.807) is 0 Å². The monoisotopic (exact) mass is 350 g/mol. The summed E-state index contributed by atoms with van der Waals surface area (Å²) in [5, 5.41) is 15.1. The van der Waals surface area contributed by atoms with Gasteiger partial charge in [0.1, 0.15) is 0 Å². The van der Waals surface area contributed by atoms with Gasteiger partial charge in [-0.25, -0.2) is 0 Å². The number of amides is 1. The highest BCUT2D eigenvalue weighted by atomic mass is 32.2. The molecule has 0 unspecified atom stereocenters. The van der Waals surface area contributed by atoms with Gasteiger partial charge in [0, 0.05) is 13.1 Å². The number of hydrogen-bond donors (Lipinski definition) is 2. The Morgan fingerprint density at radius 2 is 2.04 bits per heavy atom. The van der Waals surface area contributed by atoms with Crippen molar-refractivity contribution in [1.82, 2.24) is 15.5 Å². The van der Waals surface area contributed by atoms with Crippen LogP contribution < -0.4 is 10.6 Å². The van der Waals surface area contributed by atoms with E-state index in [1.807, 2.05) is 18.2 Å². The molecule has 0 saturated carbocycles. The highest BCUT2D eigenvalue weighted by Gasteiger charge is 2.08. The number of benzene rings is 1. The van der Waals surface area contributed by atoms with E-state index in [-0.39, 0.29) is 5.91 Å². The maximum Gasteiger partial charge on any atom is 0.230 e. The summed E-state index contributed by atoms with van der Waals surface area (Å²) in [6.45, 7) is 5.74. The van der Waals surface area contributed by atoms with Gasteiger partial charge < -0.3 is 10.6 Å². The van der Waals surface area contributed by atoms with Crippen LogP contribution in [0.2, 0.25) is 0 Å². The van der Waals surface area contributed by atoms with E-state index < -0.39 is 0 Å². The fourth-order valence-corrected chi connectivity index (χ4v) is 3.37. The fraction of sp³-hybridized carbons (Fsp3) is 0.438. The second-order valence-corrected chi connectivity index (χ2v) is 7.73. The highest BCUT2D eigenvalue weighted by Crippen LogP contribution is 2.25. The lowest BCUT2D eigenvalue weighted by Gasteiger charge is -2.05. The Kier molecular flexibility index (Phi) is 7.35. The average molecular weight is 351 g/mol. The van der Waals surface area contributed by atoms with Gasteiger partial charge in [-0.1, -0.05) is 67.3 Å². The lowest BCUT2D eigenvalue weighted by molar-refractivity contribution is -0.118. The van der Waals surface area contributed by atoms with E-state index in [4.69, 9.17) is 0 Å². The van der Waals surface area contributed by atoms with E-state index in [2.05, 4.69) is 46.8 Å². The van der Waals surface area contributed by atoms with Gasteiger partial charge in [-0.05, 0) is 17.9 Å². The van der Waals surface area contributed by atoms with Crippen LogP contribution in [0.5, 0.6) is 0 Å². The van der Waals surface area contributed by atoms with Crippen molar-refractivity contribution in [3.63, 3.8) is 0 Å². The Balaban J connectivity index is 1.69. The van der Waals surface area contributed by atoms with Crippen LogP contribution >= 0.6 is 23.1 Å². The maximum atomic E-state index is 11.7. The van der Waals surface area contributed by atoms with Gasteiger partial charge in [0.05, 0.1) is 5.75 Å². The van der Waals surface area contributed by atoms with E-state index in [1.165, 1.54) is 28.7 Å². The number of nitrogens with one attached hydrogen (secondary N) is 2.